The molecule has 2 aromatic rings. The van der Waals surface area contributed by atoms with E-state index in [4.69, 9.17) is 0 Å². The first-order valence-corrected chi connectivity index (χ1v) is 6.60. The SMILES string of the molecule is CCCc1c(O)nc(C2Cc3ccccc32)[nH]c1=O. The smallest absolute Gasteiger partial charge is 0.257 e. The van der Waals surface area contributed by atoms with Crippen LogP contribution in [-0.2, 0) is 12.8 Å². The minimum Gasteiger partial charge on any atom is -0.493 e. The van der Waals surface area contributed by atoms with Crippen LogP contribution in [0.25, 0.3) is 0 Å². The third-order valence-electron chi connectivity index (χ3n) is 3.70. The van der Waals surface area contributed by atoms with Crippen LogP contribution in [0, 0.1) is 0 Å². The molecule has 4 heteroatoms. The number of nitrogens with zero attached hydrogens (tertiary/aromatic N) is 1. The summed E-state index contributed by atoms with van der Waals surface area (Å²) < 4.78 is 0. The largest absolute Gasteiger partial charge is 0.493 e. The minimum atomic E-state index is -0.214. The van der Waals surface area contributed by atoms with Crippen LogP contribution in [0.15, 0.2) is 29.1 Å². The van der Waals surface area contributed by atoms with E-state index in [1.165, 1.54) is 11.1 Å². The van der Waals surface area contributed by atoms with Gasteiger partial charge in [-0.3, -0.25) is 4.79 Å². The normalized spacial score (nSPS) is 16.8. The van der Waals surface area contributed by atoms with Gasteiger partial charge in [0.25, 0.3) is 5.56 Å². The molecule has 0 amide bonds. The number of aromatic nitrogens is 2. The lowest BCUT2D eigenvalue weighted by molar-refractivity contribution is 0.435. The standard InChI is InChI=1S/C15H16N2O2/c1-2-5-11-14(18)16-13(17-15(11)19)12-8-9-6-3-4-7-10(9)12/h3-4,6-7,12H,2,5,8H2,1H3,(H2,16,17,18,19). The molecule has 0 aliphatic heterocycles. The molecule has 4 nitrogen and oxygen atoms in total. The second kappa shape index (κ2) is 4.53. The van der Waals surface area contributed by atoms with Crippen molar-refractivity contribution in [1.82, 2.24) is 9.97 Å². The minimum absolute atomic E-state index is 0.102. The van der Waals surface area contributed by atoms with Gasteiger partial charge in [0.2, 0.25) is 5.88 Å². The maximum atomic E-state index is 12.0. The summed E-state index contributed by atoms with van der Waals surface area (Å²) in [6.45, 7) is 1.97. The number of hydrogen-bond donors (Lipinski definition) is 2. The molecule has 19 heavy (non-hydrogen) atoms. The van der Waals surface area contributed by atoms with Gasteiger partial charge in [0.1, 0.15) is 5.82 Å². The molecule has 1 unspecified atom stereocenters. The predicted molar refractivity (Wildman–Crippen MR) is 72.5 cm³/mol. The Labute approximate surface area is 111 Å². The highest BCUT2D eigenvalue weighted by Gasteiger charge is 2.29. The van der Waals surface area contributed by atoms with Crippen molar-refractivity contribution in [2.24, 2.45) is 0 Å². The maximum absolute atomic E-state index is 12.0. The van der Waals surface area contributed by atoms with Gasteiger partial charge in [-0.15, -0.1) is 0 Å². The number of aromatic amines is 1. The summed E-state index contributed by atoms with van der Waals surface area (Å²) in [5, 5.41) is 9.89. The van der Waals surface area contributed by atoms with Gasteiger partial charge in [-0.05, 0) is 24.0 Å². The Bertz CT molecular complexity index is 676. The fraction of sp³-hybridized carbons (Fsp3) is 0.333. The topological polar surface area (TPSA) is 66.0 Å². The lowest BCUT2D eigenvalue weighted by Gasteiger charge is -2.29. The van der Waals surface area contributed by atoms with E-state index in [0.29, 0.717) is 17.8 Å². The molecule has 1 aliphatic rings. The first-order valence-electron chi connectivity index (χ1n) is 6.60. The molecule has 0 bridgehead atoms. The Balaban J connectivity index is 1.99. The van der Waals surface area contributed by atoms with Crippen molar-refractivity contribution in [2.75, 3.05) is 0 Å². The van der Waals surface area contributed by atoms with Crippen LogP contribution in [0.4, 0.5) is 0 Å². The Morgan fingerprint density at radius 1 is 1.42 bits per heavy atom. The number of benzene rings is 1. The van der Waals surface area contributed by atoms with Crippen molar-refractivity contribution >= 4 is 0 Å². The van der Waals surface area contributed by atoms with Gasteiger partial charge in [-0.2, -0.15) is 4.98 Å². The average Bonchev–Trinajstić information content (AvgIpc) is 2.35. The van der Waals surface area contributed by atoms with E-state index < -0.39 is 0 Å². The highest BCUT2D eigenvalue weighted by molar-refractivity contribution is 5.44. The maximum Gasteiger partial charge on any atom is 0.257 e. The second-order valence-corrected chi connectivity index (χ2v) is 4.96. The molecule has 1 heterocycles. The van der Waals surface area contributed by atoms with Gasteiger partial charge in [-0.25, -0.2) is 0 Å². The van der Waals surface area contributed by atoms with Crippen molar-refractivity contribution < 1.29 is 5.11 Å². The van der Waals surface area contributed by atoms with Crippen molar-refractivity contribution in [3.05, 3.63) is 57.1 Å². The summed E-state index contributed by atoms with van der Waals surface area (Å²) in [4.78, 5) is 18.9. The van der Waals surface area contributed by atoms with Crippen molar-refractivity contribution in [3.63, 3.8) is 0 Å². The molecule has 0 saturated carbocycles. The number of aromatic hydroxyl groups is 1. The van der Waals surface area contributed by atoms with Gasteiger partial charge in [0.15, 0.2) is 0 Å². The number of fused-ring (bicyclic) bond motifs is 1. The Morgan fingerprint density at radius 2 is 2.21 bits per heavy atom. The van der Waals surface area contributed by atoms with Crippen molar-refractivity contribution in [1.29, 1.82) is 0 Å². The molecule has 1 atom stereocenters. The molecule has 0 fully saturated rings. The van der Waals surface area contributed by atoms with E-state index in [1.54, 1.807) is 0 Å². The predicted octanol–water partition coefficient (Wildman–Crippen LogP) is 2.12. The molecule has 0 saturated heterocycles. The second-order valence-electron chi connectivity index (χ2n) is 4.96. The van der Waals surface area contributed by atoms with Gasteiger partial charge in [-0.1, -0.05) is 37.6 Å². The average molecular weight is 256 g/mol. The first kappa shape index (κ1) is 12.0. The summed E-state index contributed by atoms with van der Waals surface area (Å²) in [5.74, 6) is 0.552. The zero-order valence-electron chi connectivity index (χ0n) is 10.8. The zero-order chi connectivity index (χ0) is 13.4. The summed E-state index contributed by atoms with van der Waals surface area (Å²) in [6, 6.07) is 8.11. The van der Waals surface area contributed by atoms with Crippen LogP contribution in [-0.4, -0.2) is 15.1 Å². The molecule has 1 aromatic heterocycles. The molecule has 2 N–H and O–H groups in total. The highest BCUT2D eigenvalue weighted by Crippen LogP contribution is 2.38. The Morgan fingerprint density at radius 3 is 2.89 bits per heavy atom. The lowest BCUT2D eigenvalue weighted by Crippen LogP contribution is -2.25. The molecule has 1 aromatic carbocycles. The molecule has 1 aliphatic carbocycles. The van der Waals surface area contributed by atoms with E-state index in [2.05, 4.69) is 16.0 Å². The lowest BCUT2D eigenvalue weighted by atomic mass is 9.77. The quantitative estimate of drug-likeness (QED) is 0.884. The monoisotopic (exact) mass is 256 g/mol. The molecule has 98 valence electrons. The summed E-state index contributed by atoms with van der Waals surface area (Å²) >= 11 is 0. The van der Waals surface area contributed by atoms with Gasteiger partial charge < -0.3 is 10.1 Å². The van der Waals surface area contributed by atoms with Crippen LogP contribution in [0.3, 0.4) is 0 Å². The van der Waals surface area contributed by atoms with Crippen LogP contribution < -0.4 is 5.56 Å². The summed E-state index contributed by atoms with van der Waals surface area (Å²) in [5.41, 5.74) is 2.65. The zero-order valence-corrected chi connectivity index (χ0v) is 10.8. The van der Waals surface area contributed by atoms with E-state index in [-0.39, 0.29) is 17.4 Å². The van der Waals surface area contributed by atoms with Crippen molar-refractivity contribution in [2.45, 2.75) is 32.1 Å². The number of hydrogen-bond acceptors (Lipinski definition) is 3. The molecule has 3 rings (SSSR count). The van der Waals surface area contributed by atoms with E-state index in [0.717, 1.165) is 12.8 Å². The van der Waals surface area contributed by atoms with Crippen LogP contribution in [0.2, 0.25) is 0 Å². The first-order chi connectivity index (χ1) is 9.20. The van der Waals surface area contributed by atoms with E-state index in [9.17, 15) is 9.90 Å². The van der Waals surface area contributed by atoms with Crippen LogP contribution >= 0.6 is 0 Å². The number of H-pyrrole nitrogens is 1. The fourth-order valence-electron chi connectivity index (χ4n) is 2.65. The summed E-state index contributed by atoms with van der Waals surface area (Å²) in [6.07, 6.45) is 2.23. The highest BCUT2D eigenvalue weighted by atomic mass is 16.3. The Hall–Kier alpha value is -2.10. The molecular weight excluding hydrogens is 240 g/mol. The summed E-state index contributed by atoms with van der Waals surface area (Å²) in [7, 11) is 0. The molecule has 0 radical (unpaired) electrons. The Kier molecular flexibility index (Phi) is 2.85. The molecule has 0 spiro atoms. The van der Waals surface area contributed by atoms with Gasteiger partial charge in [0, 0.05) is 5.92 Å². The van der Waals surface area contributed by atoms with Crippen LogP contribution in [0.5, 0.6) is 5.88 Å². The van der Waals surface area contributed by atoms with Gasteiger partial charge in [0.05, 0.1) is 5.56 Å². The number of nitrogens with one attached hydrogen (secondary N) is 1. The van der Waals surface area contributed by atoms with E-state index in [1.807, 2.05) is 25.1 Å². The molecular formula is C15H16N2O2. The third kappa shape index (κ3) is 1.93. The fourth-order valence-corrected chi connectivity index (χ4v) is 2.65. The number of rotatable bonds is 3. The third-order valence-corrected chi connectivity index (χ3v) is 3.70. The van der Waals surface area contributed by atoms with E-state index >= 15 is 0 Å². The van der Waals surface area contributed by atoms with Crippen LogP contribution in [0.1, 0.15) is 41.8 Å². The van der Waals surface area contributed by atoms with Gasteiger partial charge >= 0.3 is 0 Å². The van der Waals surface area contributed by atoms with Crippen molar-refractivity contribution in [3.8, 4) is 5.88 Å².